The third-order valence-electron chi connectivity index (χ3n) is 1.38. The number of carbonyl (C=O) groups excluding carboxylic acids is 1. The predicted octanol–water partition coefficient (Wildman–Crippen LogP) is -1.17. The lowest BCUT2D eigenvalue weighted by atomic mass is 9.86. The summed E-state index contributed by atoms with van der Waals surface area (Å²) in [6, 6.07) is 3.06. The Balaban J connectivity index is 3.06. The van der Waals surface area contributed by atoms with Crippen molar-refractivity contribution in [3.63, 3.8) is 0 Å². The molecule has 0 radical (unpaired) electrons. The Kier molecular flexibility index (Phi) is 2.12. The fourth-order valence-corrected chi connectivity index (χ4v) is 0.891. The van der Waals surface area contributed by atoms with Gasteiger partial charge in [-0.25, -0.2) is 0 Å². The van der Waals surface area contributed by atoms with Gasteiger partial charge in [0.05, 0.1) is 5.59 Å². The van der Waals surface area contributed by atoms with Crippen LogP contribution < -0.4 is 5.59 Å². The van der Waals surface area contributed by atoms with Crippen molar-refractivity contribution in [3.05, 3.63) is 18.3 Å². The Labute approximate surface area is 64.2 Å². The van der Waals surface area contributed by atoms with Crippen LogP contribution >= 0.6 is 0 Å². The molecule has 4 nitrogen and oxygen atoms in total. The Bertz CT molecular complexity index is 269. The van der Waals surface area contributed by atoms with Crippen LogP contribution in [0, 0.1) is 0 Å². The van der Waals surface area contributed by atoms with Crippen LogP contribution in [0.15, 0.2) is 18.3 Å². The quantitative estimate of drug-likeness (QED) is 0.499. The Hall–Kier alpha value is -1.07. The molecule has 0 bridgehead atoms. The van der Waals surface area contributed by atoms with E-state index in [4.69, 9.17) is 10.0 Å². The van der Waals surface area contributed by atoms with Gasteiger partial charge in [-0.1, -0.05) is 0 Å². The smallest absolute Gasteiger partial charge is 0.422 e. The van der Waals surface area contributed by atoms with Gasteiger partial charge in [0, 0.05) is 13.1 Å². The summed E-state index contributed by atoms with van der Waals surface area (Å²) in [6.07, 6.45) is 1.48. The summed E-state index contributed by atoms with van der Waals surface area (Å²) >= 11 is 0. The van der Waals surface area contributed by atoms with E-state index < -0.39 is 7.12 Å². The van der Waals surface area contributed by atoms with Crippen molar-refractivity contribution < 1.29 is 14.8 Å². The average Bonchev–Trinajstić information content (AvgIpc) is 2.32. The first-order valence-corrected chi connectivity index (χ1v) is 3.17. The Morgan fingerprint density at radius 1 is 1.64 bits per heavy atom. The SMILES string of the molecule is CC(=O)n1cccc1B(O)O. The third kappa shape index (κ3) is 1.50. The molecule has 0 fully saturated rings. The van der Waals surface area contributed by atoms with E-state index in [9.17, 15) is 4.79 Å². The molecule has 0 amide bonds. The maximum Gasteiger partial charge on any atom is 0.506 e. The van der Waals surface area contributed by atoms with Gasteiger partial charge >= 0.3 is 7.12 Å². The molecule has 0 unspecified atom stereocenters. The molecule has 0 saturated carbocycles. The number of hydrogen-bond donors (Lipinski definition) is 2. The van der Waals surface area contributed by atoms with E-state index in [-0.39, 0.29) is 11.5 Å². The van der Waals surface area contributed by atoms with Crippen molar-refractivity contribution in [3.8, 4) is 0 Å². The molecular weight excluding hydrogens is 145 g/mol. The lowest BCUT2D eigenvalue weighted by Gasteiger charge is -2.01. The highest BCUT2D eigenvalue weighted by atomic mass is 16.4. The van der Waals surface area contributed by atoms with Crippen molar-refractivity contribution >= 4 is 18.6 Å². The average molecular weight is 153 g/mol. The van der Waals surface area contributed by atoms with Crippen molar-refractivity contribution in [2.24, 2.45) is 0 Å². The highest BCUT2D eigenvalue weighted by Gasteiger charge is 2.16. The van der Waals surface area contributed by atoms with Gasteiger partial charge in [0.2, 0.25) is 5.91 Å². The highest BCUT2D eigenvalue weighted by Crippen LogP contribution is 1.88. The first kappa shape index (κ1) is 8.04. The monoisotopic (exact) mass is 153 g/mol. The first-order chi connectivity index (χ1) is 5.13. The van der Waals surface area contributed by atoms with E-state index in [1.165, 1.54) is 23.8 Å². The molecule has 0 aromatic carbocycles. The van der Waals surface area contributed by atoms with Gasteiger partial charge in [-0.15, -0.1) is 0 Å². The zero-order valence-corrected chi connectivity index (χ0v) is 6.06. The first-order valence-electron chi connectivity index (χ1n) is 3.17. The van der Waals surface area contributed by atoms with Gasteiger partial charge in [0.15, 0.2) is 0 Å². The molecule has 11 heavy (non-hydrogen) atoms. The van der Waals surface area contributed by atoms with Gasteiger partial charge in [-0.3, -0.25) is 9.36 Å². The maximum atomic E-state index is 10.8. The van der Waals surface area contributed by atoms with Crippen LogP contribution in [-0.4, -0.2) is 27.6 Å². The van der Waals surface area contributed by atoms with Crippen LogP contribution in [0.5, 0.6) is 0 Å². The summed E-state index contributed by atoms with van der Waals surface area (Å²) in [6.45, 7) is 1.35. The van der Waals surface area contributed by atoms with E-state index in [0.29, 0.717) is 0 Å². The van der Waals surface area contributed by atoms with Crippen LogP contribution in [0.4, 0.5) is 0 Å². The summed E-state index contributed by atoms with van der Waals surface area (Å²) < 4.78 is 1.19. The summed E-state index contributed by atoms with van der Waals surface area (Å²) in [7, 11) is -1.59. The molecule has 0 aliphatic rings. The fraction of sp³-hybridized carbons (Fsp3) is 0.167. The summed E-state index contributed by atoms with van der Waals surface area (Å²) in [5.74, 6) is -0.238. The summed E-state index contributed by atoms with van der Waals surface area (Å²) in [4.78, 5) is 10.8. The maximum absolute atomic E-state index is 10.8. The van der Waals surface area contributed by atoms with Crippen LogP contribution in [0.2, 0.25) is 0 Å². The second kappa shape index (κ2) is 2.90. The van der Waals surface area contributed by atoms with Gasteiger partial charge in [0.25, 0.3) is 0 Å². The lowest BCUT2D eigenvalue weighted by molar-refractivity contribution is 0.0939. The van der Waals surface area contributed by atoms with Crippen molar-refractivity contribution in [1.82, 2.24) is 4.57 Å². The number of rotatable bonds is 1. The molecule has 0 atom stereocenters. The Morgan fingerprint density at radius 2 is 2.27 bits per heavy atom. The lowest BCUT2D eigenvalue weighted by Crippen LogP contribution is -2.37. The fourth-order valence-electron chi connectivity index (χ4n) is 0.891. The van der Waals surface area contributed by atoms with Gasteiger partial charge in [-0.05, 0) is 12.1 Å². The normalized spacial score (nSPS) is 9.73. The molecule has 0 saturated heterocycles. The third-order valence-corrected chi connectivity index (χ3v) is 1.38. The van der Waals surface area contributed by atoms with Crippen LogP contribution in [0.25, 0.3) is 0 Å². The molecule has 1 aromatic heterocycles. The standard InChI is InChI=1S/C6H8BNO3/c1-5(9)8-4-2-3-6(8)7(10)11/h2-4,10-11H,1H3. The second-order valence-electron chi connectivity index (χ2n) is 2.20. The predicted molar refractivity (Wildman–Crippen MR) is 40.6 cm³/mol. The van der Waals surface area contributed by atoms with Gasteiger partial charge in [0.1, 0.15) is 0 Å². The number of nitrogens with zero attached hydrogens (tertiary/aromatic N) is 1. The minimum absolute atomic E-state index is 0.192. The van der Waals surface area contributed by atoms with Crippen LogP contribution in [-0.2, 0) is 0 Å². The van der Waals surface area contributed by atoms with Gasteiger partial charge < -0.3 is 10.0 Å². The number of hydrogen-bond acceptors (Lipinski definition) is 3. The van der Waals surface area contributed by atoms with E-state index in [1.54, 1.807) is 6.07 Å². The molecule has 0 aliphatic heterocycles. The van der Waals surface area contributed by atoms with E-state index in [1.807, 2.05) is 0 Å². The van der Waals surface area contributed by atoms with E-state index >= 15 is 0 Å². The zero-order chi connectivity index (χ0) is 8.43. The zero-order valence-electron chi connectivity index (χ0n) is 6.06. The minimum Gasteiger partial charge on any atom is -0.422 e. The molecule has 5 heteroatoms. The van der Waals surface area contributed by atoms with Crippen molar-refractivity contribution in [1.29, 1.82) is 0 Å². The van der Waals surface area contributed by atoms with Gasteiger partial charge in [-0.2, -0.15) is 0 Å². The van der Waals surface area contributed by atoms with Crippen LogP contribution in [0.1, 0.15) is 11.7 Å². The minimum atomic E-state index is -1.59. The molecule has 0 spiro atoms. The molecule has 58 valence electrons. The molecule has 1 aromatic rings. The van der Waals surface area contributed by atoms with Crippen molar-refractivity contribution in [2.45, 2.75) is 6.92 Å². The second-order valence-corrected chi connectivity index (χ2v) is 2.20. The topological polar surface area (TPSA) is 62.5 Å². The van der Waals surface area contributed by atoms with E-state index in [2.05, 4.69) is 0 Å². The number of aromatic nitrogens is 1. The highest BCUT2D eigenvalue weighted by molar-refractivity contribution is 6.58. The largest absolute Gasteiger partial charge is 0.506 e. The number of carbonyl (C=O) groups is 1. The molecule has 2 N–H and O–H groups in total. The van der Waals surface area contributed by atoms with E-state index in [0.717, 1.165) is 0 Å². The molecule has 0 aliphatic carbocycles. The summed E-state index contributed by atoms with van der Waals surface area (Å²) in [5.41, 5.74) is 0.192. The van der Waals surface area contributed by atoms with Crippen LogP contribution in [0.3, 0.4) is 0 Å². The van der Waals surface area contributed by atoms with Crippen molar-refractivity contribution in [2.75, 3.05) is 0 Å². The summed E-state index contributed by atoms with van der Waals surface area (Å²) in [5, 5.41) is 17.4. The molecular formula is C6H8BNO3. The Morgan fingerprint density at radius 3 is 2.64 bits per heavy atom. The molecule has 1 heterocycles. The molecule has 1 rings (SSSR count).